The maximum absolute atomic E-state index is 12.9. The number of halogens is 2. The Morgan fingerprint density at radius 3 is 1.36 bits per heavy atom. The number of nitrogens with zero attached hydrogens (tertiary/aromatic N) is 6. The number of hydrogen-bond acceptors (Lipinski definition) is 12. The van der Waals surface area contributed by atoms with Crippen molar-refractivity contribution in [2.45, 2.75) is 52.7 Å². The van der Waals surface area contributed by atoms with Gasteiger partial charge in [-0.05, 0) is 123 Å². The summed E-state index contributed by atoms with van der Waals surface area (Å²) < 4.78 is 0. The van der Waals surface area contributed by atoms with E-state index >= 15 is 0 Å². The first kappa shape index (κ1) is 52.2. The van der Waals surface area contributed by atoms with Crippen LogP contribution in [0.1, 0.15) is 61.2 Å². The van der Waals surface area contributed by atoms with E-state index in [1.165, 1.54) is 24.2 Å². The number of rotatable bonds is 16. The van der Waals surface area contributed by atoms with Gasteiger partial charge in [0.15, 0.2) is 0 Å². The number of benzene rings is 4. The quantitative estimate of drug-likeness (QED) is 0.0457. The van der Waals surface area contributed by atoms with Crippen LogP contribution in [-0.2, 0) is 0 Å². The van der Waals surface area contributed by atoms with Crippen molar-refractivity contribution in [2.75, 3.05) is 99.0 Å². The van der Waals surface area contributed by atoms with E-state index in [1.54, 1.807) is 60.9 Å². The number of aromatic nitrogens is 6. The van der Waals surface area contributed by atoms with Crippen LogP contribution in [0.3, 0.4) is 0 Å². The average Bonchev–Trinajstić information content (AvgIpc) is 4.04. The van der Waals surface area contributed by atoms with Crippen LogP contribution in [0.2, 0.25) is 10.0 Å². The molecule has 2 saturated heterocycles. The van der Waals surface area contributed by atoms with Gasteiger partial charge in [-0.1, -0.05) is 61.3 Å². The lowest BCUT2D eigenvalue weighted by molar-refractivity contribution is 0.191. The van der Waals surface area contributed by atoms with E-state index in [0.717, 1.165) is 98.6 Å². The third-order valence-corrected chi connectivity index (χ3v) is 14.4. The Morgan fingerprint density at radius 2 is 0.986 bits per heavy atom. The standard InChI is InChI=1S/2C28H33ClN6O2/c2*1-3-9-34-10-12-35(13-11-34)21-14-18(2)26-23(16-21)32-27(33-26)25-22(7-8-30-28(25)37)31-17-24(36)19-5-4-6-20(29)15-19/h2*4-8,14-16,24,36H,3,9-13,17H2,1-2H3,(H,32,33)(H2,30,31,37). The van der Waals surface area contributed by atoms with Crippen LogP contribution < -0.4 is 31.6 Å². The molecule has 0 spiro atoms. The molecule has 74 heavy (non-hydrogen) atoms. The number of aliphatic hydroxyl groups excluding tert-OH is 2. The molecule has 0 amide bonds. The van der Waals surface area contributed by atoms with Gasteiger partial charge in [0.05, 0.1) is 45.6 Å². The van der Waals surface area contributed by atoms with Crippen molar-refractivity contribution < 1.29 is 10.2 Å². The summed E-state index contributed by atoms with van der Waals surface area (Å²) in [5.74, 6) is 0.981. The minimum atomic E-state index is -0.788. The van der Waals surface area contributed by atoms with Gasteiger partial charge in [-0.15, -0.1) is 0 Å². The Hall–Kier alpha value is -6.66. The van der Waals surface area contributed by atoms with Crippen molar-refractivity contribution >= 4 is 68.0 Å². The summed E-state index contributed by atoms with van der Waals surface area (Å²) in [5.41, 5.74) is 10.8. The second kappa shape index (κ2) is 23.7. The predicted octanol–water partition coefficient (Wildman–Crippen LogP) is 9.12. The molecule has 10 rings (SSSR count). The molecule has 16 nitrogen and oxygen atoms in total. The molecule has 0 bridgehead atoms. The number of aliphatic hydroxyl groups is 2. The van der Waals surface area contributed by atoms with Crippen molar-refractivity contribution in [1.29, 1.82) is 0 Å². The van der Waals surface area contributed by atoms with Crippen LogP contribution in [0.4, 0.5) is 22.7 Å². The molecule has 0 radical (unpaired) electrons. The lowest BCUT2D eigenvalue weighted by atomic mass is 10.1. The van der Waals surface area contributed by atoms with Crippen molar-refractivity contribution in [3.63, 3.8) is 0 Å². The molecule has 388 valence electrons. The Morgan fingerprint density at radius 1 is 0.581 bits per heavy atom. The number of nitrogens with one attached hydrogen (secondary N) is 6. The zero-order valence-electron chi connectivity index (χ0n) is 42.4. The van der Waals surface area contributed by atoms with Gasteiger partial charge >= 0.3 is 0 Å². The zero-order valence-corrected chi connectivity index (χ0v) is 44.0. The van der Waals surface area contributed by atoms with Crippen molar-refractivity contribution in [3.05, 3.63) is 150 Å². The van der Waals surface area contributed by atoms with Gasteiger partial charge in [0.25, 0.3) is 11.1 Å². The Labute approximate surface area is 440 Å². The molecule has 2 aliphatic rings. The van der Waals surface area contributed by atoms with E-state index < -0.39 is 12.2 Å². The number of fused-ring (bicyclic) bond motifs is 2. The van der Waals surface area contributed by atoms with E-state index in [2.05, 4.69) is 102 Å². The van der Waals surface area contributed by atoms with E-state index in [9.17, 15) is 19.8 Å². The topological polar surface area (TPSA) is 201 Å². The number of anilines is 4. The van der Waals surface area contributed by atoms with E-state index in [1.807, 2.05) is 12.1 Å². The van der Waals surface area contributed by atoms with Gasteiger partial charge in [0.2, 0.25) is 0 Å². The Kier molecular flexibility index (Phi) is 16.7. The van der Waals surface area contributed by atoms with Gasteiger partial charge < -0.3 is 50.6 Å². The molecule has 4 aromatic heterocycles. The van der Waals surface area contributed by atoms with Gasteiger partial charge in [-0.25, -0.2) is 9.97 Å². The summed E-state index contributed by atoms with van der Waals surface area (Å²) in [4.78, 5) is 57.5. The Balaban J connectivity index is 0.000000182. The van der Waals surface area contributed by atoms with Crippen molar-refractivity contribution in [1.82, 2.24) is 39.7 Å². The molecule has 8 N–H and O–H groups in total. The van der Waals surface area contributed by atoms with Gasteiger partial charge in [-0.3, -0.25) is 19.4 Å². The number of hydrogen-bond donors (Lipinski definition) is 8. The zero-order chi connectivity index (χ0) is 51.9. The molecule has 2 atom stereocenters. The van der Waals surface area contributed by atoms with Crippen LogP contribution in [-0.4, -0.2) is 128 Å². The fraction of sp³-hybridized carbons (Fsp3) is 0.357. The maximum Gasteiger partial charge on any atom is 0.261 e. The Bertz CT molecular complexity index is 3100. The number of aromatic amines is 4. The SMILES string of the molecule is CCCN1CCN(c2cc(C)c3nc(-c4c(NCC(O)c5cccc(Cl)c5)cc[nH]c4=O)[nH]c3c2)CC1.CCCN1CCN(c2cc(C)c3nc(-c4c(NCC(O)c5cccc(Cl)c5)cc[nH]c4=O)[nH]c3c2)CC1. The highest BCUT2D eigenvalue weighted by Crippen LogP contribution is 2.32. The van der Waals surface area contributed by atoms with Crippen LogP contribution in [0.15, 0.2) is 107 Å². The van der Waals surface area contributed by atoms with Crippen LogP contribution in [0.25, 0.3) is 44.8 Å². The van der Waals surface area contributed by atoms with E-state index in [-0.39, 0.29) is 24.2 Å². The van der Waals surface area contributed by atoms with Crippen LogP contribution in [0, 0.1) is 13.8 Å². The number of H-pyrrole nitrogens is 4. The molecule has 4 aromatic carbocycles. The number of aryl methyl sites for hydroxylation is 2. The molecule has 0 aliphatic carbocycles. The second-order valence-electron chi connectivity index (χ2n) is 19.2. The highest BCUT2D eigenvalue weighted by atomic mass is 35.5. The molecule has 8 aromatic rings. The lowest BCUT2D eigenvalue weighted by Gasteiger charge is -2.36. The highest BCUT2D eigenvalue weighted by Gasteiger charge is 2.23. The normalized spacial score (nSPS) is 15.3. The summed E-state index contributed by atoms with van der Waals surface area (Å²) in [6.45, 7) is 19.5. The summed E-state index contributed by atoms with van der Waals surface area (Å²) in [5, 5.41) is 28.9. The molecule has 0 saturated carbocycles. The third kappa shape index (κ3) is 12.1. The summed E-state index contributed by atoms with van der Waals surface area (Å²) in [6, 6.07) is 26.4. The predicted molar refractivity (Wildman–Crippen MR) is 301 cm³/mol. The first-order chi connectivity index (χ1) is 35.8. The van der Waals surface area contributed by atoms with Crippen molar-refractivity contribution in [2.24, 2.45) is 0 Å². The van der Waals surface area contributed by atoms with Crippen molar-refractivity contribution in [3.8, 4) is 22.8 Å². The van der Waals surface area contributed by atoms with Crippen LogP contribution in [0.5, 0.6) is 0 Å². The summed E-state index contributed by atoms with van der Waals surface area (Å²) >= 11 is 12.1. The molecule has 2 aliphatic heterocycles. The third-order valence-electron chi connectivity index (χ3n) is 13.9. The molecular weight excluding hydrogens is 976 g/mol. The fourth-order valence-corrected chi connectivity index (χ4v) is 10.4. The monoisotopic (exact) mass is 1040 g/mol. The molecule has 18 heteroatoms. The number of imidazole rings is 2. The fourth-order valence-electron chi connectivity index (χ4n) is 10.0. The summed E-state index contributed by atoms with van der Waals surface area (Å²) in [7, 11) is 0. The summed E-state index contributed by atoms with van der Waals surface area (Å²) in [6.07, 6.45) is 3.95. The number of piperazine rings is 2. The average molecular weight is 1040 g/mol. The van der Waals surface area contributed by atoms with Gasteiger partial charge in [-0.2, -0.15) is 0 Å². The van der Waals surface area contributed by atoms with E-state index in [4.69, 9.17) is 33.2 Å². The largest absolute Gasteiger partial charge is 0.387 e. The van der Waals surface area contributed by atoms with E-state index in [0.29, 0.717) is 55.3 Å². The smallest absolute Gasteiger partial charge is 0.261 e. The minimum Gasteiger partial charge on any atom is -0.387 e. The molecule has 6 heterocycles. The first-order valence-corrected chi connectivity index (χ1v) is 26.4. The number of pyridine rings is 2. The molecular formula is C56H66Cl2N12O4. The molecule has 2 fully saturated rings. The first-order valence-electron chi connectivity index (χ1n) is 25.6. The van der Waals surface area contributed by atoms with Gasteiger partial charge in [0, 0.05) is 99.3 Å². The van der Waals surface area contributed by atoms with Crippen LogP contribution >= 0.6 is 23.2 Å². The highest BCUT2D eigenvalue weighted by molar-refractivity contribution is 6.30. The lowest BCUT2D eigenvalue weighted by Crippen LogP contribution is -2.46. The second-order valence-corrected chi connectivity index (χ2v) is 20.1. The maximum atomic E-state index is 12.9. The molecule has 2 unspecified atom stereocenters. The van der Waals surface area contributed by atoms with Gasteiger partial charge in [0.1, 0.15) is 22.8 Å². The minimum absolute atomic E-state index is 0.213.